The topological polar surface area (TPSA) is 64.8 Å². The summed E-state index contributed by atoms with van der Waals surface area (Å²) in [5, 5.41) is 8.65. The highest BCUT2D eigenvalue weighted by Gasteiger charge is 2.35. The van der Waals surface area contributed by atoms with Gasteiger partial charge in [0.05, 0.1) is 11.0 Å². The molecule has 15 rings (SSSR count). The molecule has 0 aliphatic rings. The van der Waals surface area contributed by atoms with Crippen molar-refractivity contribution in [2.45, 2.75) is 0 Å². The molecule has 2 atom stereocenters. The Balaban J connectivity index is 0.911. The van der Waals surface area contributed by atoms with E-state index in [0.29, 0.717) is 11.1 Å². The summed E-state index contributed by atoms with van der Waals surface area (Å²) in [6.07, 6.45) is 3.53. The van der Waals surface area contributed by atoms with Gasteiger partial charge >= 0.3 is 0 Å². The average molecular weight is 1130 g/mol. The zero-order valence-electron chi connectivity index (χ0n) is 45.4. The van der Waals surface area contributed by atoms with Crippen LogP contribution in [0.15, 0.2) is 310 Å². The van der Waals surface area contributed by atoms with Gasteiger partial charge in [0.15, 0.2) is 20.1 Å². The first-order valence-electron chi connectivity index (χ1n) is 28.1. The Morgan fingerprint density at radius 2 is 0.810 bits per heavy atom. The van der Waals surface area contributed by atoms with E-state index < -0.39 is 14.3 Å². The molecular formula is C76H51N3O2P2S. The van der Waals surface area contributed by atoms with Crippen LogP contribution in [0.2, 0.25) is 0 Å². The largest absolute Gasteiger partial charge is 0.309 e. The Morgan fingerprint density at radius 1 is 0.310 bits per heavy atom. The molecule has 398 valence electrons. The first-order valence-corrected chi connectivity index (χ1v) is 32.3. The van der Waals surface area contributed by atoms with Crippen LogP contribution < -0.4 is 31.8 Å². The molecule has 5 nitrogen and oxygen atoms in total. The predicted octanol–water partition coefficient (Wildman–Crippen LogP) is 17.6. The Bertz CT molecular complexity index is 5030. The van der Waals surface area contributed by atoms with Crippen LogP contribution in [0.1, 0.15) is 0 Å². The molecule has 0 spiro atoms. The number of fused-ring (bicyclic) bond motifs is 6. The molecule has 3 heterocycles. The van der Waals surface area contributed by atoms with Crippen LogP contribution >= 0.6 is 25.6 Å². The maximum Gasteiger partial charge on any atom is 0.172 e. The third-order valence-corrected chi connectivity index (χ3v) is 23.8. The van der Waals surface area contributed by atoms with Gasteiger partial charge in [0.1, 0.15) is 0 Å². The molecule has 15 aromatic rings. The summed E-state index contributed by atoms with van der Waals surface area (Å²) < 4.78 is 38.4. The van der Waals surface area contributed by atoms with Gasteiger partial charge < -0.3 is 13.7 Å². The Hall–Kier alpha value is -9.80. The minimum absolute atomic E-state index is 0.627. The lowest BCUT2D eigenvalue weighted by atomic mass is 9.93. The van der Waals surface area contributed by atoms with E-state index in [2.05, 4.69) is 215 Å². The molecule has 0 saturated carbocycles. The summed E-state index contributed by atoms with van der Waals surface area (Å²) in [5.41, 5.74) is 12.4. The van der Waals surface area contributed by atoms with Crippen LogP contribution in [0.25, 0.3) is 104 Å². The normalized spacial score (nSPS) is 13.0. The standard InChI is InChI=1S/C76H51N3O2P2S/c80-82(60-26-6-2-7-27-60,64-31-18-25-59(51-64)79-71-36-14-12-34-67(71)68-35-13-15-37-72(68)79)63-30-17-23-55(47-63)58-49-70-69-48-57(76-77-44-19-45-78-76)40-43-74(69)84-75(70)73(50-58)83(81,61-28-8-3-9-29-61)62-41-38-53(39-42-62)65-32-10-11-33-66(65)56-24-16-22-54(46-56)52-20-4-1-5-21-52/h1-51H. The average Bonchev–Trinajstić information content (AvgIpc) is 2.31. The number of nitrogens with zero attached hydrogens (tertiary/aromatic N) is 3. The van der Waals surface area contributed by atoms with E-state index in [9.17, 15) is 0 Å². The van der Waals surface area contributed by atoms with Gasteiger partial charge in [0.2, 0.25) is 0 Å². The lowest BCUT2D eigenvalue weighted by Gasteiger charge is -2.23. The molecule has 0 radical (unpaired) electrons. The van der Waals surface area contributed by atoms with Gasteiger partial charge in [0, 0.05) is 86.4 Å². The molecule has 2 unspecified atom stereocenters. The molecular weight excluding hydrogens is 1080 g/mol. The van der Waals surface area contributed by atoms with E-state index >= 15 is 9.13 Å². The van der Waals surface area contributed by atoms with E-state index in [0.717, 1.165) is 124 Å². The zero-order valence-corrected chi connectivity index (χ0v) is 48.0. The van der Waals surface area contributed by atoms with Crippen molar-refractivity contribution in [1.29, 1.82) is 0 Å². The number of hydrogen-bond donors (Lipinski definition) is 0. The molecule has 0 amide bonds. The highest BCUT2D eigenvalue weighted by molar-refractivity contribution is 7.86. The number of thiophene rings is 1. The Kier molecular flexibility index (Phi) is 12.9. The molecule has 0 bridgehead atoms. The number of para-hydroxylation sites is 2. The molecule has 0 aliphatic carbocycles. The van der Waals surface area contributed by atoms with Gasteiger partial charge in [-0.15, -0.1) is 11.3 Å². The fourth-order valence-corrected chi connectivity index (χ4v) is 19.3. The van der Waals surface area contributed by atoms with Crippen molar-refractivity contribution in [3.63, 3.8) is 0 Å². The van der Waals surface area contributed by atoms with E-state index in [1.807, 2.05) is 97.1 Å². The highest BCUT2D eigenvalue weighted by atomic mass is 32.1. The number of rotatable bonds is 12. The summed E-state index contributed by atoms with van der Waals surface area (Å²) in [6.45, 7) is 0. The molecule has 0 saturated heterocycles. The zero-order chi connectivity index (χ0) is 56.2. The van der Waals surface area contributed by atoms with Crippen molar-refractivity contribution in [2.75, 3.05) is 0 Å². The first kappa shape index (κ1) is 51.1. The molecule has 0 aliphatic heterocycles. The number of aromatic nitrogens is 3. The first-order chi connectivity index (χ1) is 41.4. The minimum Gasteiger partial charge on any atom is -0.309 e. The van der Waals surface area contributed by atoms with Gasteiger partial charge in [-0.05, 0) is 117 Å². The molecule has 84 heavy (non-hydrogen) atoms. The number of benzene rings is 12. The van der Waals surface area contributed by atoms with Crippen LogP contribution in [0.5, 0.6) is 0 Å². The highest BCUT2D eigenvalue weighted by Crippen LogP contribution is 2.50. The van der Waals surface area contributed by atoms with E-state index in [1.165, 1.54) is 0 Å². The summed E-state index contributed by atoms with van der Waals surface area (Å²) >= 11 is 1.66. The van der Waals surface area contributed by atoms with Crippen molar-refractivity contribution in [3.05, 3.63) is 310 Å². The maximum absolute atomic E-state index is 17.3. The van der Waals surface area contributed by atoms with Gasteiger partial charge in [-0.2, -0.15) is 0 Å². The van der Waals surface area contributed by atoms with Crippen molar-refractivity contribution in [2.24, 2.45) is 0 Å². The molecule has 0 N–H and O–H groups in total. The van der Waals surface area contributed by atoms with Crippen LogP contribution in [-0.4, -0.2) is 14.5 Å². The van der Waals surface area contributed by atoms with Gasteiger partial charge in [-0.1, -0.05) is 224 Å². The van der Waals surface area contributed by atoms with Gasteiger partial charge in [-0.3, -0.25) is 0 Å². The Morgan fingerprint density at radius 3 is 1.50 bits per heavy atom. The SMILES string of the molecule is O=P(c1ccccc1)(c1cccc(-c2cc(P(=O)(c3ccccc3)c3ccc(-c4ccccc4-c4cccc(-c5ccccc5)c4)cc3)c3sc4ccc(-c5ncccn5)cc4c3c2)c1)c1cccc(-n2c3ccccc3c3ccccc32)c1. The summed E-state index contributed by atoms with van der Waals surface area (Å²) in [6, 6.07) is 102. The fourth-order valence-electron chi connectivity index (χ4n) is 12.2. The predicted molar refractivity (Wildman–Crippen MR) is 355 cm³/mol. The monoisotopic (exact) mass is 1130 g/mol. The molecule has 0 fully saturated rings. The van der Waals surface area contributed by atoms with Crippen LogP contribution in [0.4, 0.5) is 0 Å². The van der Waals surface area contributed by atoms with Crippen molar-refractivity contribution in [1.82, 2.24) is 14.5 Å². The quantitative estimate of drug-likeness (QED) is 0.114. The van der Waals surface area contributed by atoms with Crippen molar-refractivity contribution < 1.29 is 9.13 Å². The lowest BCUT2D eigenvalue weighted by molar-refractivity contribution is 0.591. The second-order valence-corrected chi connectivity index (χ2v) is 27.7. The smallest absolute Gasteiger partial charge is 0.172 e. The molecule has 3 aromatic heterocycles. The van der Waals surface area contributed by atoms with Crippen molar-refractivity contribution in [3.8, 4) is 61.6 Å². The third kappa shape index (κ3) is 8.78. The summed E-state index contributed by atoms with van der Waals surface area (Å²) in [4.78, 5) is 9.28. The van der Waals surface area contributed by atoms with E-state index in [-0.39, 0.29) is 0 Å². The van der Waals surface area contributed by atoms with Crippen LogP contribution in [0.3, 0.4) is 0 Å². The fraction of sp³-hybridized carbons (Fsp3) is 0. The maximum atomic E-state index is 17.3. The minimum atomic E-state index is -3.69. The molecule has 8 heteroatoms. The summed E-state index contributed by atoms with van der Waals surface area (Å²) in [5.74, 6) is 0.627. The second-order valence-electron chi connectivity index (χ2n) is 21.1. The van der Waals surface area contributed by atoms with Gasteiger partial charge in [0.25, 0.3) is 0 Å². The van der Waals surface area contributed by atoms with E-state index in [1.54, 1.807) is 23.7 Å². The van der Waals surface area contributed by atoms with E-state index in [4.69, 9.17) is 0 Å². The lowest BCUT2D eigenvalue weighted by Crippen LogP contribution is -2.26. The van der Waals surface area contributed by atoms with Gasteiger partial charge in [-0.25, -0.2) is 9.97 Å². The Labute approximate surface area is 491 Å². The van der Waals surface area contributed by atoms with Crippen molar-refractivity contribution >= 4 is 99.4 Å². The third-order valence-electron chi connectivity index (χ3n) is 16.3. The summed E-state index contributed by atoms with van der Waals surface area (Å²) in [7, 11) is -7.27. The van der Waals surface area contributed by atoms with Crippen LogP contribution in [0, 0.1) is 0 Å². The number of hydrogen-bond acceptors (Lipinski definition) is 5. The second kappa shape index (κ2) is 21.2. The molecule has 12 aromatic carbocycles. The van der Waals surface area contributed by atoms with Crippen LogP contribution in [-0.2, 0) is 9.13 Å².